The van der Waals surface area contributed by atoms with Gasteiger partial charge < -0.3 is 15.1 Å². The fraction of sp³-hybridized carbons (Fsp3) is 0.320. The van der Waals surface area contributed by atoms with Crippen molar-refractivity contribution in [1.82, 2.24) is 24.9 Å². The van der Waals surface area contributed by atoms with Crippen LogP contribution >= 0.6 is 0 Å². The largest absolute Gasteiger partial charge is 0.354 e. The highest BCUT2D eigenvalue weighted by atomic mass is 19.1. The maximum Gasteiger partial charge on any atom is 0.154 e. The zero-order valence-electron chi connectivity index (χ0n) is 18.4. The van der Waals surface area contributed by atoms with Crippen LogP contribution in [0.25, 0.3) is 17.0 Å². The Kier molecular flexibility index (Phi) is 5.14. The van der Waals surface area contributed by atoms with E-state index in [1.807, 2.05) is 41.0 Å². The van der Waals surface area contributed by atoms with Crippen LogP contribution in [0.5, 0.6) is 0 Å². The maximum absolute atomic E-state index is 13.9. The molecule has 0 radical (unpaired) electrons. The number of anilines is 2. The molecule has 8 heteroatoms. The number of imidazole rings is 1. The normalized spacial score (nSPS) is 18.9. The number of hydrogen-bond acceptors (Lipinski definition) is 6. The minimum Gasteiger partial charge on any atom is -0.354 e. The second-order valence-corrected chi connectivity index (χ2v) is 8.63. The van der Waals surface area contributed by atoms with E-state index in [0.29, 0.717) is 0 Å². The number of fused-ring (bicyclic) bond motifs is 1. The summed E-state index contributed by atoms with van der Waals surface area (Å²) in [5.74, 6) is 1.65. The van der Waals surface area contributed by atoms with Gasteiger partial charge >= 0.3 is 0 Å². The predicted molar refractivity (Wildman–Crippen MR) is 127 cm³/mol. The van der Waals surface area contributed by atoms with E-state index < -0.39 is 0 Å². The summed E-state index contributed by atoms with van der Waals surface area (Å²) in [6.07, 6.45) is 3.87. The first-order valence-electron chi connectivity index (χ1n) is 11.6. The van der Waals surface area contributed by atoms with Gasteiger partial charge in [0.05, 0.1) is 17.9 Å². The Balaban J connectivity index is 1.36. The average molecular weight is 444 g/mol. The van der Waals surface area contributed by atoms with Crippen LogP contribution in [0.2, 0.25) is 0 Å². The molecule has 2 aliphatic heterocycles. The molecule has 33 heavy (non-hydrogen) atoms. The Hall–Kier alpha value is -3.52. The lowest BCUT2D eigenvalue weighted by Crippen LogP contribution is -2.43. The summed E-state index contributed by atoms with van der Waals surface area (Å²) in [5, 5.41) is 8.34. The molecule has 2 aliphatic rings. The van der Waals surface area contributed by atoms with Crippen molar-refractivity contribution in [3.05, 3.63) is 72.2 Å². The van der Waals surface area contributed by atoms with Gasteiger partial charge in [0, 0.05) is 32.7 Å². The summed E-state index contributed by atoms with van der Waals surface area (Å²) in [6.45, 7) is 4.72. The Bertz CT molecular complexity index is 1280. The summed E-state index contributed by atoms with van der Waals surface area (Å²) in [5.41, 5.74) is 3.49. The SMILES string of the molecule is Fc1cccc([C@@H]2CCCN2c2ccc3ncc(-c4cccc(N5CCNCC5)n4)n3n2)c1. The van der Waals surface area contributed by atoms with Crippen molar-refractivity contribution >= 4 is 17.3 Å². The summed E-state index contributed by atoms with van der Waals surface area (Å²) in [6, 6.07) is 17.1. The van der Waals surface area contributed by atoms with E-state index >= 15 is 0 Å². The van der Waals surface area contributed by atoms with Crippen molar-refractivity contribution in [1.29, 1.82) is 0 Å². The zero-order chi connectivity index (χ0) is 22.2. The van der Waals surface area contributed by atoms with E-state index in [2.05, 4.69) is 26.2 Å². The van der Waals surface area contributed by atoms with Gasteiger partial charge in [0.25, 0.3) is 0 Å². The first-order valence-corrected chi connectivity index (χ1v) is 11.6. The second-order valence-electron chi connectivity index (χ2n) is 8.63. The van der Waals surface area contributed by atoms with Gasteiger partial charge in [-0.1, -0.05) is 18.2 Å². The molecule has 2 saturated heterocycles. The first-order chi connectivity index (χ1) is 16.3. The van der Waals surface area contributed by atoms with Gasteiger partial charge in [-0.05, 0) is 54.8 Å². The highest BCUT2D eigenvalue weighted by Crippen LogP contribution is 2.35. The van der Waals surface area contributed by atoms with Gasteiger partial charge in [-0.3, -0.25) is 0 Å². The fourth-order valence-electron chi connectivity index (χ4n) is 4.93. The lowest BCUT2D eigenvalue weighted by Gasteiger charge is -2.28. The molecule has 1 aromatic carbocycles. The molecule has 168 valence electrons. The molecule has 2 fully saturated rings. The van der Waals surface area contributed by atoms with Crippen LogP contribution in [0.3, 0.4) is 0 Å². The van der Waals surface area contributed by atoms with Crippen LogP contribution in [0.4, 0.5) is 16.0 Å². The third-order valence-electron chi connectivity index (χ3n) is 6.57. The summed E-state index contributed by atoms with van der Waals surface area (Å²) in [7, 11) is 0. The molecule has 6 rings (SSSR count). The molecular weight excluding hydrogens is 417 g/mol. The Labute approximate surface area is 191 Å². The maximum atomic E-state index is 13.9. The molecule has 0 saturated carbocycles. The summed E-state index contributed by atoms with van der Waals surface area (Å²) < 4.78 is 15.7. The summed E-state index contributed by atoms with van der Waals surface area (Å²) >= 11 is 0. The number of hydrogen-bond donors (Lipinski definition) is 1. The molecule has 1 atom stereocenters. The number of piperazine rings is 1. The lowest BCUT2D eigenvalue weighted by atomic mass is 10.0. The molecule has 0 bridgehead atoms. The Morgan fingerprint density at radius 1 is 0.939 bits per heavy atom. The van der Waals surface area contributed by atoms with Gasteiger partial charge in [0.15, 0.2) is 5.65 Å². The van der Waals surface area contributed by atoms with E-state index in [1.54, 1.807) is 12.1 Å². The predicted octanol–water partition coefficient (Wildman–Crippen LogP) is 3.68. The van der Waals surface area contributed by atoms with Crippen molar-refractivity contribution in [3.8, 4) is 11.4 Å². The molecule has 5 heterocycles. The molecule has 7 nitrogen and oxygen atoms in total. The molecule has 3 aromatic heterocycles. The highest BCUT2D eigenvalue weighted by molar-refractivity contribution is 5.62. The smallest absolute Gasteiger partial charge is 0.154 e. The van der Waals surface area contributed by atoms with Crippen molar-refractivity contribution in [2.24, 2.45) is 0 Å². The van der Waals surface area contributed by atoms with Crippen molar-refractivity contribution in [2.75, 3.05) is 42.5 Å². The van der Waals surface area contributed by atoms with E-state index in [1.165, 1.54) is 6.07 Å². The second kappa shape index (κ2) is 8.44. The van der Waals surface area contributed by atoms with Crippen LogP contribution in [0, 0.1) is 5.82 Å². The van der Waals surface area contributed by atoms with E-state index in [9.17, 15) is 4.39 Å². The number of nitrogens with zero attached hydrogens (tertiary/aromatic N) is 6. The van der Waals surface area contributed by atoms with Gasteiger partial charge in [-0.15, -0.1) is 5.10 Å². The number of nitrogens with one attached hydrogen (secondary N) is 1. The highest BCUT2D eigenvalue weighted by Gasteiger charge is 2.28. The molecule has 0 unspecified atom stereocenters. The number of aromatic nitrogens is 4. The number of halogens is 1. The first kappa shape index (κ1) is 20.1. The Morgan fingerprint density at radius 2 is 1.82 bits per heavy atom. The van der Waals surface area contributed by atoms with Gasteiger partial charge in [0.2, 0.25) is 0 Å². The molecule has 4 aromatic rings. The standard InChI is InChI=1S/C25H26FN7/c26-19-5-1-4-18(16-19)21-7-3-13-32(21)25-10-9-23-28-17-22(33(23)30-25)20-6-2-8-24(29-20)31-14-11-27-12-15-31/h1-2,4-6,8-10,16-17,21,27H,3,7,11-15H2/t21-/m0/s1. The third-order valence-corrected chi connectivity index (χ3v) is 6.57. The van der Waals surface area contributed by atoms with E-state index in [4.69, 9.17) is 10.1 Å². The topological polar surface area (TPSA) is 61.6 Å². The number of benzene rings is 1. The molecule has 0 aliphatic carbocycles. The monoisotopic (exact) mass is 443 g/mol. The lowest BCUT2D eigenvalue weighted by molar-refractivity contribution is 0.585. The molecular formula is C25H26FN7. The van der Waals surface area contributed by atoms with Gasteiger partial charge in [0.1, 0.15) is 23.1 Å². The molecule has 1 N–H and O–H groups in total. The van der Waals surface area contributed by atoms with Crippen molar-refractivity contribution < 1.29 is 4.39 Å². The average Bonchev–Trinajstić information content (AvgIpc) is 3.52. The Morgan fingerprint density at radius 3 is 2.70 bits per heavy atom. The van der Waals surface area contributed by atoms with Crippen LogP contribution in [-0.2, 0) is 0 Å². The molecule has 0 spiro atoms. The zero-order valence-corrected chi connectivity index (χ0v) is 18.4. The van der Waals surface area contributed by atoms with Crippen LogP contribution in [0.1, 0.15) is 24.4 Å². The minimum atomic E-state index is -0.199. The van der Waals surface area contributed by atoms with Crippen molar-refractivity contribution in [3.63, 3.8) is 0 Å². The van der Waals surface area contributed by atoms with Crippen molar-refractivity contribution in [2.45, 2.75) is 18.9 Å². The molecule has 0 amide bonds. The van der Waals surface area contributed by atoms with Gasteiger partial charge in [-0.25, -0.2) is 18.9 Å². The number of rotatable bonds is 4. The fourth-order valence-corrected chi connectivity index (χ4v) is 4.93. The number of pyridine rings is 1. The van der Waals surface area contributed by atoms with Crippen LogP contribution in [0.15, 0.2) is 60.8 Å². The van der Waals surface area contributed by atoms with Crippen LogP contribution in [-0.4, -0.2) is 52.3 Å². The van der Waals surface area contributed by atoms with Crippen LogP contribution < -0.4 is 15.1 Å². The van der Waals surface area contributed by atoms with Gasteiger partial charge in [-0.2, -0.15) is 0 Å². The third kappa shape index (κ3) is 3.80. The summed E-state index contributed by atoms with van der Waals surface area (Å²) in [4.78, 5) is 14.1. The van der Waals surface area contributed by atoms with E-state index in [-0.39, 0.29) is 11.9 Å². The minimum absolute atomic E-state index is 0.117. The quantitative estimate of drug-likeness (QED) is 0.519. The van der Waals surface area contributed by atoms with E-state index in [0.717, 1.165) is 79.8 Å².